The first kappa shape index (κ1) is 13.9. The minimum atomic E-state index is -4.64. The molecule has 0 unspecified atom stereocenters. The fourth-order valence-corrected chi connectivity index (χ4v) is 2.35. The van der Waals surface area contributed by atoms with Crippen molar-refractivity contribution in [2.24, 2.45) is 0 Å². The van der Waals surface area contributed by atoms with Gasteiger partial charge in [-0.3, -0.25) is 4.55 Å². The quantitative estimate of drug-likeness (QED) is 0.870. The van der Waals surface area contributed by atoms with Gasteiger partial charge in [-0.05, 0) is 35.3 Å². The molecule has 1 aromatic heterocycles. The van der Waals surface area contributed by atoms with Crippen LogP contribution >= 0.6 is 23.2 Å². The first-order valence-corrected chi connectivity index (χ1v) is 6.93. The summed E-state index contributed by atoms with van der Waals surface area (Å²) in [6.07, 6.45) is 0. The highest BCUT2D eigenvalue weighted by Gasteiger charge is 2.25. The fraction of sp³-hybridized carbons (Fsp3) is 0. The minimum absolute atomic E-state index is 0.128. The number of hydrogen-bond acceptors (Lipinski definition) is 5. The van der Waals surface area contributed by atoms with Crippen LogP contribution in [0, 0.1) is 0 Å². The van der Waals surface area contributed by atoms with E-state index >= 15 is 0 Å². The van der Waals surface area contributed by atoms with Gasteiger partial charge < -0.3 is 0 Å². The van der Waals surface area contributed by atoms with Gasteiger partial charge >= 0.3 is 10.3 Å². The molecule has 0 saturated carbocycles. The van der Waals surface area contributed by atoms with E-state index in [1.807, 2.05) is 0 Å². The monoisotopic (exact) mass is 320 g/mol. The van der Waals surface area contributed by atoms with Crippen LogP contribution in [0.5, 0.6) is 0 Å². The van der Waals surface area contributed by atoms with Crippen molar-refractivity contribution in [2.45, 2.75) is 0 Å². The highest BCUT2D eigenvalue weighted by atomic mass is 35.5. The predicted molar refractivity (Wildman–Crippen MR) is 70.0 cm³/mol. The molecule has 1 N–H and O–H groups in total. The zero-order chi connectivity index (χ0) is 14.0. The molecule has 7 nitrogen and oxygen atoms in total. The molecule has 2 aromatic rings. The van der Waals surface area contributed by atoms with Crippen LogP contribution in [-0.4, -0.2) is 27.9 Å². The number of anilines is 2. The second-order valence-corrected chi connectivity index (χ2v) is 5.19. The number of benzene rings is 1. The lowest BCUT2D eigenvalue weighted by Gasteiger charge is -2.18. The number of rotatable bonds is 3. The van der Waals surface area contributed by atoms with Crippen molar-refractivity contribution < 1.29 is 13.0 Å². The van der Waals surface area contributed by atoms with Gasteiger partial charge in [0.2, 0.25) is 10.6 Å². The van der Waals surface area contributed by atoms with Crippen molar-refractivity contribution in [1.29, 1.82) is 0 Å². The second-order valence-electron chi connectivity index (χ2n) is 3.25. The van der Waals surface area contributed by atoms with Crippen LogP contribution in [0.2, 0.25) is 10.6 Å². The molecule has 0 atom stereocenters. The minimum Gasteiger partial charge on any atom is -0.269 e. The Balaban J connectivity index is 2.63. The molecule has 0 saturated heterocycles. The van der Waals surface area contributed by atoms with Crippen molar-refractivity contribution >= 4 is 45.1 Å². The third-order valence-corrected chi connectivity index (χ3v) is 3.15. The Hall–Kier alpha value is -1.48. The van der Waals surface area contributed by atoms with Crippen LogP contribution in [0.3, 0.4) is 0 Å². The first-order valence-electron chi connectivity index (χ1n) is 4.78. The number of aromatic nitrogens is 3. The zero-order valence-electron chi connectivity index (χ0n) is 9.10. The molecule has 0 aliphatic heterocycles. The molecule has 1 heterocycles. The van der Waals surface area contributed by atoms with Gasteiger partial charge in [-0.2, -0.15) is 27.7 Å². The van der Waals surface area contributed by atoms with E-state index in [-0.39, 0.29) is 16.3 Å². The van der Waals surface area contributed by atoms with E-state index in [9.17, 15) is 13.0 Å². The maximum Gasteiger partial charge on any atom is 0.366 e. The van der Waals surface area contributed by atoms with Crippen molar-refractivity contribution in [1.82, 2.24) is 15.0 Å². The second kappa shape index (κ2) is 5.25. The molecule has 0 spiro atoms. The van der Waals surface area contributed by atoms with Gasteiger partial charge in [0.15, 0.2) is 0 Å². The standard InChI is InChI=1S/C9H6Cl2N4O3S/c10-7-12-8(11)14-9(13-7)15(19(16,17)18)6-4-2-1-3-5-6/h1-5H,(H,16,17,18). The Bertz CT molecular complexity index is 676. The first-order chi connectivity index (χ1) is 8.88. The molecular formula is C9H6Cl2N4O3S. The Morgan fingerprint density at radius 3 is 2.00 bits per heavy atom. The van der Waals surface area contributed by atoms with Crippen molar-refractivity contribution in [3.8, 4) is 0 Å². The summed E-state index contributed by atoms with van der Waals surface area (Å²) in [5.41, 5.74) is 0.128. The number of nitrogens with zero attached hydrogens (tertiary/aromatic N) is 4. The predicted octanol–water partition coefficient (Wildman–Crippen LogP) is 2.12. The molecule has 100 valence electrons. The molecule has 19 heavy (non-hydrogen) atoms. The van der Waals surface area contributed by atoms with Gasteiger partial charge in [-0.15, -0.1) is 0 Å². The number of hydrogen-bond donors (Lipinski definition) is 1. The normalized spacial score (nSPS) is 11.3. The number of para-hydroxylation sites is 1. The van der Waals surface area contributed by atoms with Crippen LogP contribution in [-0.2, 0) is 10.3 Å². The summed E-state index contributed by atoms with van der Waals surface area (Å²) in [4.78, 5) is 10.7. The average Bonchev–Trinajstić information content (AvgIpc) is 2.27. The largest absolute Gasteiger partial charge is 0.366 e. The number of halogens is 2. The van der Waals surface area contributed by atoms with Crippen molar-refractivity contribution in [3.63, 3.8) is 0 Å². The van der Waals surface area contributed by atoms with Crippen LogP contribution in [0.25, 0.3) is 0 Å². The highest BCUT2D eigenvalue weighted by Crippen LogP contribution is 2.26. The van der Waals surface area contributed by atoms with E-state index < -0.39 is 16.3 Å². The van der Waals surface area contributed by atoms with E-state index in [4.69, 9.17) is 23.2 Å². The van der Waals surface area contributed by atoms with Gasteiger partial charge in [-0.1, -0.05) is 18.2 Å². The molecule has 0 fully saturated rings. The van der Waals surface area contributed by atoms with Crippen LogP contribution in [0.1, 0.15) is 0 Å². The van der Waals surface area contributed by atoms with Crippen LogP contribution in [0.15, 0.2) is 30.3 Å². The average molecular weight is 321 g/mol. The smallest absolute Gasteiger partial charge is 0.269 e. The molecule has 0 aliphatic rings. The molecule has 0 bridgehead atoms. The topological polar surface area (TPSA) is 96.3 Å². The van der Waals surface area contributed by atoms with Crippen LogP contribution < -0.4 is 4.31 Å². The zero-order valence-corrected chi connectivity index (χ0v) is 11.4. The van der Waals surface area contributed by atoms with Gasteiger partial charge in [0.25, 0.3) is 5.95 Å². The summed E-state index contributed by atoms with van der Waals surface area (Å²) in [7, 11) is -4.64. The third-order valence-electron chi connectivity index (χ3n) is 1.97. The van der Waals surface area contributed by atoms with Gasteiger partial charge in [0.1, 0.15) is 0 Å². The Labute approximate surface area is 118 Å². The maximum absolute atomic E-state index is 11.4. The van der Waals surface area contributed by atoms with Crippen molar-refractivity contribution in [2.75, 3.05) is 4.31 Å². The summed E-state index contributed by atoms with van der Waals surface area (Å²) in [5, 5.41) is -0.584. The van der Waals surface area contributed by atoms with E-state index in [0.717, 1.165) is 0 Å². The lowest BCUT2D eigenvalue weighted by molar-refractivity contribution is 0.482. The summed E-state index contributed by atoms with van der Waals surface area (Å²) >= 11 is 11.2. The molecule has 0 radical (unpaired) electrons. The van der Waals surface area contributed by atoms with Gasteiger partial charge in [0, 0.05) is 0 Å². The SMILES string of the molecule is O=S(=O)(O)N(c1ccccc1)c1nc(Cl)nc(Cl)n1. The summed E-state index contributed by atoms with van der Waals surface area (Å²) in [6, 6.07) is 7.73. The molecule has 0 aliphatic carbocycles. The molecular weight excluding hydrogens is 315 g/mol. The van der Waals surface area contributed by atoms with E-state index in [0.29, 0.717) is 4.31 Å². The summed E-state index contributed by atoms with van der Waals surface area (Å²) in [5.74, 6) is -0.404. The summed E-state index contributed by atoms with van der Waals surface area (Å²) in [6.45, 7) is 0. The third kappa shape index (κ3) is 3.29. The molecule has 10 heteroatoms. The molecule has 0 amide bonds. The van der Waals surface area contributed by atoms with Crippen LogP contribution in [0.4, 0.5) is 11.6 Å². The van der Waals surface area contributed by atoms with E-state index in [2.05, 4.69) is 15.0 Å². The van der Waals surface area contributed by atoms with Gasteiger partial charge in [-0.25, -0.2) is 0 Å². The van der Waals surface area contributed by atoms with E-state index in [1.54, 1.807) is 18.2 Å². The maximum atomic E-state index is 11.4. The Kier molecular flexibility index (Phi) is 3.85. The highest BCUT2D eigenvalue weighted by molar-refractivity contribution is 7.87. The Morgan fingerprint density at radius 1 is 1.00 bits per heavy atom. The summed E-state index contributed by atoms with van der Waals surface area (Å²) < 4.78 is 32.7. The van der Waals surface area contributed by atoms with Crippen molar-refractivity contribution in [3.05, 3.63) is 40.9 Å². The lowest BCUT2D eigenvalue weighted by Crippen LogP contribution is -2.27. The Morgan fingerprint density at radius 2 is 1.53 bits per heavy atom. The molecule has 2 rings (SSSR count). The van der Waals surface area contributed by atoms with Gasteiger partial charge in [0.05, 0.1) is 5.69 Å². The fourth-order valence-electron chi connectivity index (χ4n) is 1.32. The molecule has 1 aromatic carbocycles. The lowest BCUT2D eigenvalue weighted by atomic mass is 10.3. The van der Waals surface area contributed by atoms with E-state index in [1.165, 1.54) is 12.1 Å².